The molecule has 10 heteroatoms. The van der Waals surface area contributed by atoms with Crippen LogP contribution in [0, 0.1) is 5.82 Å². The van der Waals surface area contributed by atoms with E-state index in [0.717, 1.165) is 18.2 Å². The highest BCUT2D eigenvalue weighted by atomic mass is 35.5. The molecular formula is C13H17Cl2F5N2O. The monoisotopic (exact) mass is 382 g/mol. The summed E-state index contributed by atoms with van der Waals surface area (Å²) >= 11 is 0. The first-order chi connectivity index (χ1) is 9.90. The van der Waals surface area contributed by atoms with E-state index >= 15 is 0 Å². The van der Waals surface area contributed by atoms with Crippen LogP contribution in [0.5, 0.6) is 5.75 Å². The Morgan fingerprint density at radius 2 is 1.78 bits per heavy atom. The number of piperazine rings is 1. The second kappa shape index (κ2) is 9.46. The summed E-state index contributed by atoms with van der Waals surface area (Å²) in [6, 6.07) is 1.74. The standard InChI is InChI=1S/C13H15F5N2O.2ClH/c14-8-12(20-5-3-19-4-6-20)10-7-9(1-2-11(10)15)21-13(16,17)18;;/h1-2,7,12,19H,3-6,8H2;2*1H/t12-;;/m0../s1. The number of rotatable bonds is 4. The zero-order valence-corrected chi connectivity index (χ0v) is 13.5. The van der Waals surface area contributed by atoms with E-state index in [-0.39, 0.29) is 30.4 Å². The van der Waals surface area contributed by atoms with Crippen molar-refractivity contribution in [3.05, 3.63) is 29.6 Å². The Hall–Kier alpha value is -0.830. The van der Waals surface area contributed by atoms with Crippen LogP contribution in [0.4, 0.5) is 22.0 Å². The van der Waals surface area contributed by atoms with E-state index in [0.29, 0.717) is 26.2 Å². The summed E-state index contributed by atoms with van der Waals surface area (Å²) in [5, 5.41) is 3.07. The molecule has 0 aromatic heterocycles. The van der Waals surface area contributed by atoms with Crippen LogP contribution < -0.4 is 10.1 Å². The van der Waals surface area contributed by atoms with Crippen molar-refractivity contribution in [1.82, 2.24) is 10.2 Å². The second-order valence-corrected chi connectivity index (χ2v) is 4.69. The van der Waals surface area contributed by atoms with Gasteiger partial charge in [-0.2, -0.15) is 0 Å². The van der Waals surface area contributed by atoms with Gasteiger partial charge in [-0.1, -0.05) is 0 Å². The topological polar surface area (TPSA) is 24.5 Å². The van der Waals surface area contributed by atoms with E-state index < -0.39 is 30.6 Å². The molecule has 1 aliphatic rings. The molecule has 0 saturated carbocycles. The van der Waals surface area contributed by atoms with Crippen LogP contribution in [0.1, 0.15) is 11.6 Å². The maximum Gasteiger partial charge on any atom is 0.573 e. The van der Waals surface area contributed by atoms with Crippen LogP contribution in [0.25, 0.3) is 0 Å². The number of hydrogen-bond donors (Lipinski definition) is 1. The van der Waals surface area contributed by atoms with Gasteiger partial charge >= 0.3 is 6.36 Å². The van der Waals surface area contributed by atoms with Crippen LogP contribution in [0.2, 0.25) is 0 Å². The molecule has 23 heavy (non-hydrogen) atoms. The molecule has 2 rings (SSSR count). The van der Waals surface area contributed by atoms with Gasteiger partial charge in [0.2, 0.25) is 0 Å². The average Bonchev–Trinajstić information content (AvgIpc) is 2.43. The first kappa shape index (κ1) is 22.2. The van der Waals surface area contributed by atoms with Crippen molar-refractivity contribution in [2.45, 2.75) is 12.4 Å². The molecule has 0 aliphatic carbocycles. The molecule has 1 saturated heterocycles. The molecule has 1 N–H and O–H groups in total. The van der Waals surface area contributed by atoms with E-state index in [2.05, 4.69) is 10.1 Å². The second-order valence-electron chi connectivity index (χ2n) is 4.69. The number of halogens is 7. The molecular weight excluding hydrogens is 366 g/mol. The minimum Gasteiger partial charge on any atom is -0.406 e. The van der Waals surface area contributed by atoms with Crippen LogP contribution in [0.15, 0.2) is 18.2 Å². The lowest BCUT2D eigenvalue weighted by atomic mass is 10.0. The minimum absolute atomic E-state index is 0. The van der Waals surface area contributed by atoms with Crippen molar-refractivity contribution in [2.75, 3.05) is 32.9 Å². The fourth-order valence-electron chi connectivity index (χ4n) is 2.35. The summed E-state index contributed by atoms with van der Waals surface area (Å²) in [4.78, 5) is 1.70. The molecule has 0 bridgehead atoms. The Morgan fingerprint density at radius 1 is 1.17 bits per heavy atom. The van der Waals surface area contributed by atoms with E-state index in [1.165, 1.54) is 0 Å². The van der Waals surface area contributed by atoms with Crippen molar-refractivity contribution in [3.63, 3.8) is 0 Å². The third kappa shape index (κ3) is 6.29. The highest BCUT2D eigenvalue weighted by Gasteiger charge is 2.32. The van der Waals surface area contributed by atoms with Gasteiger partial charge in [0.1, 0.15) is 18.2 Å². The van der Waals surface area contributed by atoms with Crippen molar-refractivity contribution < 1.29 is 26.7 Å². The Bertz CT molecular complexity index is 484. The average molecular weight is 383 g/mol. The fourth-order valence-corrected chi connectivity index (χ4v) is 2.35. The van der Waals surface area contributed by atoms with Gasteiger partial charge in [0.05, 0.1) is 6.04 Å². The molecule has 1 aromatic carbocycles. The lowest BCUT2D eigenvalue weighted by Gasteiger charge is -2.33. The predicted octanol–water partition coefficient (Wildman–Crippen LogP) is 3.48. The molecule has 0 unspecified atom stereocenters. The highest BCUT2D eigenvalue weighted by molar-refractivity contribution is 5.85. The lowest BCUT2D eigenvalue weighted by Crippen LogP contribution is -2.45. The normalized spacial score (nSPS) is 16.9. The Balaban J connectivity index is 0.00000242. The smallest absolute Gasteiger partial charge is 0.406 e. The van der Waals surface area contributed by atoms with Gasteiger partial charge < -0.3 is 10.1 Å². The van der Waals surface area contributed by atoms with Gasteiger partial charge in [-0.15, -0.1) is 38.0 Å². The third-order valence-electron chi connectivity index (χ3n) is 3.30. The zero-order valence-electron chi connectivity index (χ0n) is 11.9. The summed E-state index contributed by atoms with van der Waals surface area (Å²) < 4.78 is 67.5. The summed E-state index contributed by atoms with van der Waals surface area (Å²) in [5.74, 6) is -1.29. The maximum atomic E-state index is 13.8. The van der Waals surface area contributed by atoms with Crippen molar-refractivity contribution in [3.8, 4) is 5.75 Å². The molecule has 3 nitrogen and oxygen atoms in total. The van der Waals surface area contributed by atoms with Crippen LogP contribution >= 0.6 is 24.8 Å². The van der Waals surface area contributed by atoms with Crippen LogP contribution in [-0.2, 0) is 0 Å². The number of ether oxygens (including phenoxy) is 1. The molecule has 1 heterocycles. The minimum atomic E-state index is -4.87. The number of nitrogens with one attached hydrogen (secondary N) is 1. The SMILES string of the molecule is Cl.Cl.FC[C@@H](c1cc(OC(F)(F)F)ccc1F)N1CCNCC1. The molecule has 0 spiro atoms. The van der Waals surface area contributed by atoms with Crippen molar-refractivity contribution >= 4 is 24.8 Å². The van der Waals surface area contributed by atoms with E-state index in [9.17, 15) is 22.0 Å². The maximum absolute atomic E-state index is 13.8. The van der Waals surface area contributed by atoms with Crippen molar-refractivity contribution in [1.29, 1.82) is 0 Å². The lowest BCUT2D eigenvalue weighted by molar-refractivity contribution is -0.274. The number of nitrogens with zero attached hydrogens (tertiary/aromatic N) is 1. The zero-order chi connectivity index (χ0) is 15.5. The van der Waals surface area contributed by atoms with Gasteiger partial charge in [0, 0.05) is 31.7 Å². The first-order valence-electron chi connectivity index (χ1n) is 6.46. The molecule has 1 aliphatic heterocycles. The Morgan fingerprint density at radius 3 is 2.30 bits per heavy atom. The molecule has 0 amide bonds. The van der Waals surface area contributed by atoms with Gasteiger partial charge in [0.15, 0.2) is 0 Å². The molecule has 1 fully saturated rings. The Labute approximate surface area is 143 Å². The van der Waals surface area contributed by atoms with E-state index in [1.807, 2.05) is 0 Å². The number of benzene rings is 1. The first-order valence-corrected chi connectivity index (χ1v) is 6.46. The summed E-state index contributed by atoms with van der Waals surface area (Å²) in [5.41, 5.74) is -0.124. The highest BCUT2D eigenvalue weighted by Crippen LogP contribution is 2.30. The van der Waals surface area contributed by atoms with Crippen molar-refractivity contribution in [2.24, 2.45) is 0 Å². The van der Waals surface area contributed by atoms with Gasteiger partial charge in [-0.25, -0.2) is 8.78 Å². The molecule has 0 radical (unpaired) electrons. The predicted molar refractivity (Wildman–Crippen MR) is 80.7 cm³/mol. The number of hydrogen-bond acceptors (Lipinski definition) is 3. The van der Waals surface area contributed by atoms with Crippen LogP contribution in [0.3, 0.4) is 0 Å². The fraction of sp³-hybridized carbons (Fsp3) is 0.538. The van der Waals surface area contributed by atoms with Gasteiger partial charge in [-0.05, 0) is 18.2 Å². The van der Waals surface area contributed by atoms with Gasteiger partial charge in [-0.3, -0.25) is 4.90 Å². The van der Waals surface area contributed by atoms with Crippen LogP contribution in [-0.4, -0.2) is 44.1 Å². The third-order valence-corrected chi connectivity index (χ3v) is 3.30. The largest absolute Gasteiger partial charge is 0.573 e. The number of alkyl halides is 4. The molecule has 134 valence electrons. The summed E-state index contributed by atoms with van der Waals surface area (Å²) in [6.07, 6.45) is -4.87. The molecule has 1 atom stereocenters. The Kier molecular flexibility index (Phi) is 9.12. The summed E-state index contributed by atoms with van der Waals surface area (Å²) in [7, 11) is 0. The van der Waals surface area contributed by atoms with E-state index in [1.54, 1.807) is 4.90 Å². The quantitative estimate of drug-likeness (QED) is 0.806. The van der Waals surface area contributed by atoms with Gasteiger partial charge in [0.25, 0.3) is 0 Å². The van der Waals surface area contributed by atoms with E-state index in [4.69, 9.17) is 0 Å². The summed E-state index contributed by atoms with van der Waals surface area (Å²) in [6.45, 7) is 1.36. The molecule has 1 aromatic rings.